The molecule has 0 radical (unpaired) electrons. The van der Waals surface area contributed by atoms with Crippen molar-refractivity contribution >= 4 is 56.4 Å². The van der Waals surface area contributed by atoms with Gasteiger partial charge in [0.05, 0.1) is 27.4 Å². The number of carbonyl (C=O) groups excluding carboxylic acids is 2. The van der Waals surface area contributed by atoms with Gasteiger partial charge < -0.3 is 14.1 Å². The summed E-state index contributed by atoms with van der Waals surface area (Å²) in [6, 6.07) is -0.161. The van der Waals surface area contributed by atoms with Crippen molar-refractivity contribution in [1.29, 1.82) is 0 Å². The fourth-order valence-electron chi connectivity index (χ4n) is 4.96. The van der Waals surface area contributed by atoms with Gasteiger partial charge in [0, 0.05) is 24.6 Å². The van der Waals surface area contributed by atoms with E-state index in [0.29, 0.717) is 6.54 Å². The Bertz CT molecular complexity index is 1730. The van der Waals surface area contributed by atoms with Crippen molar-refractivity contribution in [3.63, 3.8) is 0 Å². The fourth-order valence-corrected chi connectivity index (χ4v) is 8.20. The number of thiazole rings is 1. The molecule has 1 fully saturated rings. The summed E-state index contributed by atoms with van der Waals surface area (Å²) in [5, 5.41) is 7.36. The van der Waals surface area contributed by atoms with Crippen LogP contribution in [0.3, 0.4) is 0 Å². The first-order valence-electron chi connectivity index (χ1n) is 14.2. The maximum absolute atomic E-state index is 13.9. The van der Waals surface area contributed by atoms with Crippen LogP contribution in [0.1, 0.15) is 69.8 Å². The second-order valence-corrected chi connectivity index (χ2v) is 14.9. The summed E-state index contributed by atoms with van der Waals surface area (Å²) in [7, 11) is -3.49. The average molecular weight is 727 g/mol. The van der Waals surface area contributed by atoms with Gasteiger partial charge in [-0.25, -0.2) is 13.4 Å². The number of hydrogen-bond acceptors (Lipinski definition) is 10. The van der Waals surface area contributed by atoms with Crippen LogP contribution in [0.25, 0.3) is 21.3 Å². The van der Waals surface area contributed by atoms with Crippen molar-refractivity contribution in [3.8, 4) is 21.3 Å². The predicted molar refractivity (Wildman–Crippen MR) is 165 cm³/mol. The van der Waals surface area contributed by atoms with Gasteiger partial charge in [-0.1, -0.05) is 36.2 Å². The summed E-state index contributed by atoms with van der Waals surface area (Å²) >= 11 is 13.9. The Labute approximate surface area is 277 Å². The van der Waals surface area contributed by atoms with E-state index in [9.17, 15) is 31.2 Å². The minimum atomic E-state index is -4.83. The molecular formula is C28H32Cl2F3N5O6S2. The predicted octanol–water partition coefficient (Wildman–Crippen LogP) is 6.54. The molecule has 1 aliphatic heterocycles. The first-order valence-corrected chi connectivity index (χ1v) is 17.3. The van der Waals surface area contributed by atoms with Gasteiger partial charge in [-0.05, 0) is 52.5 Å². The zero-order valence-corrected chi connectivity index (χ0v) is 28.6. The molecule has 3 aromatic rings. The van der Waals surface area contributed by atoms with E-state index in [1.54, 1.807) is 23.5 Å². The fraction of sp³-hybridized carbons (Fsp3) is 0.536. The summed E-state index contributed by atoms with van der Waals surface area (Å²) < 4.78 is 78.2. The van der Waals surface area contributed by atoms with E-state index in [2.05, 4.69) is 15.2 Å². The van der Waals surface area contributed by atoms with Crippen LogP contribution in [0.15, 0.2) is 21.4 Å². The maximum Gasteiger partial charge on any atom is 0.404 e. The number of alkyl halides is 3. The number of amides is 1. The van der Waals surface area contributed by atoms with Crippen LogP contribution >= 0.6 is 34.5 Å². The second-order valence-electron chi connectivity index (χ2n) is 11.5. The van der Waals surface area contributed by atoms with Crippen molar-refractivity contribution in [2.75, 3.05) is 13.7 Å². The highest BCUT2D eigenvalue weighted by atomic mass is 35.5. The minimum absolute atomic E-state index is 0.0294. The summed E-state index contributed by atoms with van der Waals surface area (Å²) in [5.74, 6) is -0.830. The normalized spacial score (nSPS) is 16.8. The minimum Gasteiger partial charge on any atom is -0.469 e. The number of rotatable bonds is 10. The van der Waals surface area contributed by atoms with Gasteiger partial charge >= 0.3 is 12.1 Å². The molecule has 0 saturated carbocycles. The van der Waals surface area contributed by atoms with E-state index in [0.717, 1.165) is 36.7 Å². The van der Waals surface area contributed by atoms with Gasteiger partial charge in [0.2, 0.25) is 15.9 Å². The largest absolute Gasteiger partial charge is 0.469 e. The maximum atomic E-state index is 13.9. The lowest BCUT2D eigenvalue weighted by Gasteiger charge is -2.33. The van der Waals surface area contributed by atoms with Crippen LogP contribution in [0.2, 0.25) is 10.0 Å². The van der Waals surface area contributed by atoms with Gasteiger partial charge in [0.15, 0.2) is 5.01 Å². The molecule has 0 aliphatic carbocycles. The number of nitrogens with zero attached hydrogens (tertiary/aromatic N) is 4. The number of halogens is 5. The molecule has 1 aromatic carbocycles. The molecule has 3 heterocycles. The Balaban J connectivity index is 1.79. The number of carbonyl (C=O) groups is 2. The van der Waals surface area contributed by atoms with Crippen LogP contribution in [0.5, 0.6) is 0 Å². The van der Waals surface area contributed by atoms with E-state index in [-0.39, 0.29) is 50.4 Å². The van der Waals surface area contributed by atoms with Gasteiger partial charge in [0.25, 0.3) is 11.8 Å². The number of likely N-dealkylation sites (tertiary alicyclic amines) is 1. The Morgan fingerprint density at radius 2 is 1.89 bits per heavy atom. The van der Waals surface area contributed by atoms with E-state index in [1.165, 1.54) is 20.1 Å². The summed E-state index contributed by atoms with van der Waals surface area (Å²) in [5.41, 5.74) is -0.883. The van der Waals surface area contributed by atoms with Crippen molar-refractivity contribution < 1.29 is 40.3 Å². The molecule has 0 unspecified atom stereocenters. The molecular weight excluding hydrogens is 694 g/mol. The Morgan fingerprint density at radius 1 is 1.20 bits per heavy atom. The highest BCUT2D eigenvalue weighted by Gasteiger charge is 2.42. The number of hydrogen-bond donors (Lipinski definition) is 1. The molecule has 252 valence electrons. The standard InChI is InChI=1S/C28H32Cl2F3N5O6S2/c1-6-17(28(31,32)33)37-46(41,42)16-11-10-15(19(29)20(16)30)22-21(25(39)38-12-8-7-9-14(38)2)34-24(45-22)23-36-35-18(44-23)13-27(3,4)26(40)43-5/h10-11,14,17,37H,6-9,12-13H2,1-5H3/t14-,17-/m0/s1. The SMILES string of the molecule is CC[C@H](NS(=O)(=O)c1ccc(-c2sc(-c3nnc(CC(C)(C)C(=O)OC)o3)nc2C(=O)N2CCCC[C@@H]2C)c(Cl)c1Cl)C(F)(F)F. The number of aromatic nitrogens is 3. The lowest BCUT2D eigenvalue weighted by atomic mass is 9.89. The summed E-state index contributed by atoms with van der Waals surface area (Å²) in [6.07, 6.45) is -2.81. The van der Waals surface area contributed by atoms with Gasteiger partial charge in [-0.2, -0.15) is 17.9 Å². The molecule has 1 amide bonds. The smallest absolute Gasteiger partial charge is 0.404 e. The molecule has 4 rings (SSSR count). The molecule has 46 heavy (non-hydrogen) atoms. The van der Waals surface area contributed by atoms with Gasteiger partial charge in [0.1, 0.15) is 16.6 Å². The number of methoxy groups -OCH3 is 1. The third-order valence-corrected chi connectivity index (χ3v) is 11.1. The van der Waals surface area contributed by atoms with Crippen molar-refractivity contribution in [3.05, 3.63) is 33.8 Å². The molecule has 2 atom stereocenters. The highest BCUT2D eigenvalue weighted by molar-refractivity contribution is 7.89. The molecule has 1 saturated heterocycles. The lowest BCUT2D eigenvalue weighted by Crippen LogP contribution is -2.44. The number of benzene rings is 1. The van der Waals surface area contributed by atoms with Crippen molar-refractivity contribution in [1.82, 2.24) is 24.8 Å². The Kier molecular flexibility index (Phi) is 10.8. The van der Waals surface area contributed by atoms with E-state index < -0.39 is 55.9 Å². The Hall–Kier alpha value is -2.79. The molecule has 1 aliphatic rings. The first-order chi connectivity index (χ1) is 21.4. The monoisotopic (exact) mass is 725 g/mol. The number of ether oxygens (including phenoxy) is 1. The molecule has 11 nitrogen and oxygen atoms in total. The third kappa shape index (κ3) is 7.51. The zero-order chi connectivity index (χ0) is 34.2. The van der Waals surface area contributed by atoms with Crippen LogP contribution in [0.4, 0.5) is 13.2 Å². The Morgan fingerprint density at radius 3 is 2.50 bits per heavy atom. The number of esters is 1. The van der Waals surface area contributed by atoms with Crippen LogP contribution < -0.4 is 4.72 Å². The van der Waals surface area contributed by atoms with Crippen molar-refractivity contribution in [2.24, 2.45) is 5.41 Å². The highest BCUT2D eigenvalue weighted by Crippen LogP contribution is 2.44. The zero-order valence-electron chi connectivity index (χ0n) is 25.5. The summed E-state index contributed by atoms with van der Waals surface area (Å²) in [6.45, 7) is 6.88. The number of sulfonamides is 1. The van der Waals surface area contributed by atoms with Gasteiger partial charge in [-0.3, -0.25) is 9.59 Å². The summed E-state index contributed by atoms with van der Waals surface area (Å²) in [4.78, 5) is 31.8. The molecule has 2 aromatic heterocycles. The van der Waals surface area contributed by atoms with E-state index in [1.807, 2.05) is 6.92 Å². The number of nitrogens with one attached hydrogen (secondary N) is 1. The number of piperidine rings is 1. The van der Waals surface area contributed by atoms with Crippen LogP contribution in [-0.4, -0.2) is 72.3 Å². The van der Waals surface area contributed by atoms with E-state index in [4.69, 9.17) is 32.4 Å². The molecule has 18 heteroatoms. The average Bonchev–Trinajstić information content (AvgIpc) is 3.63. The van der Waals surface area contributed by atoms with Crippen LogP contribution in [-0.2, 0) is 26.0 Å². The quantitative estimate of drug-likeness (QED) is 0.230. The molecule has 0 spiro atoms. The topological polar surface area (TPSA) is 145 Å². The second kappa shape index (κ2) is 13.7. The van der Waals surface area contributed by atoms with Gasteiger partial charge in [-0.15, -0.1) is 21.5 Å². The molecule has 0 bridgehead atoms. The lowest BCUT2D eigenvalue weighted by molar-refractivity contribution is -0.152. The van der Waals surface area contributed by atoms with Crippen molar-refractivity contribution in [2.45, 2.75) is 83.0 Å². The van der Waals surface area contributed by atoms with Crippen LogP contribution in [0, 0.1) is 5.41 Å². The molecule has 1 N–H and O–H groups in total. The first kappa shape index (κ1) is 36.1. The van der Waals surface area contributed by atoms with E-state index >= 15 is 0 Å². The third-order valence-electron chi connectivity index (χ3n) is 7.56.